The number of pyridine rings is 1. The lowest BCUT2D eigenvalue weighted by atomic mass is 9.80. The number of aliphatic hydroxyl groups is 1. The molecule has 8 nitrogen and oxygen atoms in total. The molecule has 4 aromatic rings. The van der Waals surface area contributed by atoms with E-state index >= 15 is 8.78 Å². The summed E-state index contributed by atoms with van der Waals surface area (Å²) in [6, 6.07) is 7.92. The first kappa shape index (κ1) is 26.3. The van der Waals surface area contributed by atoms with Gasteiger partial charge in [0.25, 0.3) is 5.91 Å². The van der Waals surface area contributed by atoms with E-state index in [0.29, 0.717) is 4.88 Å². The van der Waals surface area contributed by atoms with Crippen LogP contribution in [0, 0.1) is 17.7 Å². The van der Waals surface area contributed by atoms with E-state index in [2.05, 4.69) is 32.4 Å². The van der Waals surface area contributed by atoms with Crippen LogP contribution in [0.4, 0.5) is 26.3 Å². The monoisotopic (exact) mass is 564 g/mol. The lowest BCUT2D eigenvalue weighted by Crippen LogP contribution is -2.49. The topological polar surface area (TPSA) is 106 Å². The molecule has 1 atom stereocenters. The Balaban J connectivity index is 1.37. The second-order valence-electron chi connectivity index (χ2n) is 8.43. The molecule has 1 amide bonds. The Morgan fingerprint density at radius 3 is 2.64 bits per heavy atom. The maximum atomic E-state index is 15.8. The van der Waals surface area contributed by atoms with Crippen LogP contribution in [0.25, 0.3) is 11.4 Å². The molecule has 39 heavy (non-hydrogen) atoms. The van der Waals surface area contributed by atoms with Crippen molar-refractivity contribution in [3.63, 3.8) is 0 Å². The summed E-state index contributed by atoms with van der Waals surface area (Å²) in [5.41, 5.74) is -3.79. The van der Waals surface area contributed by atoms with Crippen LogP contribution in [0.15, 0.2) is 48.7 Å². The number of benzene rings is 1. The molecule has 1 aliphatic rings. The highest BCUT2D eigenvalue weighted by Crippen LogP contribution is 2.50. The second-order valence-corrected chi connectivity index (χ2v) is 9.51. The summed E-state index contributed by atoms with van der Waals surface area (Å²) >= 11 is 0.855. The van der Waals surface area contributed by atoms with E-state index in [0.717, 1.165) is 46.5 Å². The van der Waals surface area contributed by atoms with Crippen LogP contribution in [0.2, 0.25) is 0 Å². The molecular weight excluding hydrogens is 550 g/mol. The van der Waals surface area contributed by atoms with Gasteiger partial charge in [0.15, 0.2) is 11.4 Å². The summed E-state index contributed by atoms with van der Waals surface area (Å²) in [4.78, 5) is 16.0. The molecule has 4 heterocycles. The van der Waals surface area contributed by atoms with Gasteiger partial charge in [-0.1, -0.05) is 17.9 Å². The van der Waals surface area contributed by atoms with E-state index in [1.165, 1.54) is 18.2 Å². The van der Waals surface area contributed by atoms with Crippen molar-refractivity contribution < 1.29 is 36.2 Å². The number of nitrogens with one attached hydrogen (secondary N) is 1. The van der Waals surface area contributed by atoms with Gasteiger partial charge in [-0.2, -0.15) is 22.0 Å². The number of nitrogens with zero attached hydrogens (tertiary/aromatic N) is 5. The summed E-state index contributed by atoms with van der Waals surface area (Å²) in [5.74, 6) is -0.208. The Bertz CT molecular complexity index is 1620. The fourth-order valence-electron chi connectivity index (χ4n) is 3.93. The lowest BCUT2D eigenvalue weighted by Gasteiger charge is -2.39. The number of hydrogen-bond acceptors (Lipinski definition) is 7. The van der Waals surface area contributed by atoms with Gasteiger partial charge in [0.1, 0.15) is 18.1 Å². The van der Waals surface area contributed by atoms with E-state index < -0.39 is 48.2 Å². The maximum absolute atomic E-state index is 15.8. The summed E-state index contributed by atoms with van der Waals surface area (Å²) in [5, 5.41) is 23.8. The molecule has 1 unspecified atom stereocenters. The smallest absolute Gasteiger partial charge is 0.377 e. The number of carbonyl (C=O) groups excluding carboxylic acids is 1. The third kappa shape index (κ3) is 4.95. The SMILES string of the molecule is O=C(NCC(F)(F)F)c1ccc(C#Cc2ccc(C(F)(F)C3(O)Cn4nnnc4-c4cc(F)ccc43)nc2)s1. The number of alkyl halides is 5. The highest BCUT2D eigenvalue weighted by Gasteiger charge is 2.59. The van der Waals surface area contributed by atoms with Crippen molar-refractivity contribution in [2.24, 2.45) is 0 Å². The van der Waals surface area contributed by atoms with Crippen molar-refractivity contribution in [2.45, 2.75) is 24.2 Å². The van der Waals surface area contributed by atoms with Crippen molar-refractivity contribution >= 4 is 17.2 Å². The average Bonchev–Trinajstić information content (AvgIpc) is 3.55. The highest BCUT2D eigenvalue weighted by molar-refractivity contribution is 7.14. The zero-order valence-corrected chi connectivity index (χ0v) is 20.1. The number of amides is 1. The normalized spacial score (nSPS) is 16.6. The minimum atomic E-state index is -4.55. The minimum Gasteiger partial charge on any atom is -0.377 e. The first-order chi connectivity index (χ1) is 18.4. The molecule has 15 heteroatoms. The summed E-state index contributed by atoms with van der Waals surface area (Å²) in [6.07, 6.45) is -3.49. The lowest BCUT2D eigenvalue weighted by molar-refractivity contribution is -0.207. The number of thiophene rings is 1. The molecule has 0 radical (unpaired) electrons. The van der Waals surface area contributed by atoms with Gasteiger partial charge in [-0.3, -0.25) is 9.78 Å². The molecule has 0 saturated heterocycles. The Morgan fingerprint density at radius 2 is 1.92 bits per heavy atom. The maximum Gasteiger partial charge on any atom is 0.405 e. The Labute approximate surface area is 219 Å². The van der Waals surface area contributed by atoms with E-state index in [9.17, 15) is 27.5 Å². The van der Waals surface area contributed by atoms with Crippen LogP contribution in [0.1, 0.15) is 31.4 Å². The van der Waals surface area contributed by atoms with E-state index in [1.54, 1.807) is 5.32 Å². The molecule has 3 aromatic heterocycles. The fourth-order valence-corrected chi connectivity index (χ4v) is 4.71. The van der Waals surface area contributed by atoms with Crippen LogP contribution >= 0.6 is 11.3 Å². The standard InChI is InChI=1S/C24H14F6N6O2S/c25-14-3-6-17-16(9-14)20-33-34-35-36(20)12-22(17,38)24(29,30)19-8-2-13(10-31-19)1-4-15-5-7-18(39-15)21(37)32-11-23(26,27)28/h2-3,5-10,38H,11-12H2,(H,32,37). The van der Waals surface area contributed by atoms with Gasteiger partial charge in [-0.15, -0.1) is 16.4 Å². The van der Waals surface area contributed by atoms with Gasteiger partial charge >= 0.3 is 12.1 Å². The zero-order chi connectivity index (χ0) is 28.0. The largest absolute Gasteiger partial charge is 0.405 e. The Kier molecular flexibility index (Phi) is 6.39. The third-order valence-corrected chi connectivity index (χ3v) is 6.79. The summed E-state index contributed by atoms with van der Waals surface area (Å²) in [7, 11) is 0. The molecule has 0 saturated carbocycles. The summed E-state index contributed by atoms with van der Waals surface area (Å²) < 4.78 is 83.2. The zero-order valence-electron chi connectivity index (χ0n) is 19.3. The minimum absolute atomic E-state index is 0.0169. The molecule has 0 bridgehead atoms. The first-order valence-electron chi connectivity index (χ1n) is 11.0. The molecule has 0 fully saturated rings. The van der Waals surface area contributed by atoms with E-state index in [4.69, 9.17) is 0 Å². The third-order valence-electron chi connectivity index (χ3n) is 5.79. The number of fused-ring (bicyclic) bond motifs is 3. The van der Waals surface area contributed by atoms with Gasteiger partial charge in [-0.25, -0.2) is 9.07 Å². The predicted octanol–water partition coefficient (Wildman–Crippen LogP) is 3.62. The second kappa shape index (κ2) is 9.47. The van der Waals surface area contributed by atoms with Crippen LogP contribution in [-0.2, 0) is 18.1 Å². The number of halogens is 6. The summed E-state index contributed by atoms with van der Waals surface area (Å²) in [6.45, 7) is -2.19. The van der Waals surface area contributed by atoms with E-state index in [-0.39, 0.29) is 27.4 Å². The van der Waals surface area contributed by atoms with Gasteiger partial charge in [0.05, 0.1) is 16.3 Å². The number of rotatable bonds is 4. The van der Waals surface area contributed by atoms with Gasteiger partial charge in [0, 0.05) is 22.9 Å². The molecule has 0 spiro atoms. The molecule has 0 aliphatic carbocycles. The fraction of sp³-hybridized carbons (Fsp3) is 0.208. The van der Waals surface area contributed by atoms with Gasteiger partial charge in [-0.05, 0) is 46.8 Å². The molecule has 2 N–H and O–H groups in total. The number of carbonyl (C=O) groups is 1. The number of aromatic nitrogens is 5. The number of hydrogen-bond donors (Lipinski definition) is 2. The van der Waals surface area contributed by atoms with Crippen LogP contribution in [0.5, 0.6) is 0 Å². The van der Waals surface area contributed by atoms with Crippen LogP contribution in [-0.4, -0.2) is 48.9 Å². The predicted molar refractivity (Wildman–Crippen MR) is 124 cm³/mol. The van der Waals surface area contributed by atoms with Crippen molar-refractivity contribution in [3.05, 3.63) is 81.1 Å². The van der Waals surface area contributed by atoms with Crippen LogP contribution < -0.4 is 5.32 Å². The van der Waals surface area contributed by atoms with E-state index in [1.807, 2.05) is 0 Å². The molecule has 1 aromatic carbocycles. The Morgan fingerprint density at radius 1 is 1.13 bits per heavy atom. The molecule has 200 valence electrons. The quantitative estimate of drug-likeness (QED) is 0.290. The van der Waals surface area contributed by atoms with Crippen LogP contribution in [0.3, 0.4) is 0 Å². The van der Waals surface area contributed by atoms with Crippen molar-refractivity contribution in [2.75, 3.05) is 6.54 Å². The molecule has 5 rings (SSSR count). The van der Waals surface area contributed by atoms with Gasteiger partial charge < -0.3 is 10.4 Å². The highest BCUT2D eigenvalue weighted by atomic mass is 32.1. The van der Waals surface area contributed by atoms with Crippen molar-refractivity contribution in [1.29, 1.82) is 0 Å². The van der Waals surface area contributed by atoms with Gasteiger partial charge in [0.2, 0.25) is 0 Å². The first-order valence-corrected chi connectivity index (χ1v) is 11.8. The van der Waals surface area contributed by atoms with Crippen molar-refractivity contribution in [3.8, 4) is 23.2 Å². The Hall–Kier alpha value is -4.29. The van der Waals surface area contributed by atoms with Crippen molar-refractivity contribution in [1.82, 2.24) is 30.5 Å². The number of tetrazole rings is 1. The average molecular weight is 564 g/mol. The molecule has 1 aliphatic heterocycles. The molecular formula is C24H14F6N6O2S.